The Morgan fingerprint density at radius 1 is 1.19 bits per heavy atom. The fraction of sp³-hybridized carbons (Fsp3) is 0.286. The van der Waals surface area contributed by atoms with Gasteiger partial charge in [-0.25, -0.2) is 19.3 Å². The van der Waals surface area contributed by atoms with Gasteiger partial charge in [0.2, 0.25) is 5.91 Å². The Kier molecular flexibility index (Phi) is 6.66. The number of likely N-dealkylation sites (tertiary alicyclic amines) is 1. The third-order valence-electron chi connectivity index (χ3n) is 3.14. The van der Waals surface area contributed by atoms with Crippen molar-refractivity contribution < 1.29 is 42.6 Å². The number of aliphatic carboxylic acids is 2. The number of carbonyl (C=O) groups excluding carboxylic acids is 2. The molecule has 1 fully saturated rings. The van der Waals surface area contributed by atoms with Crippen LogP contribution in [0, 0.1) is 0 Å². The van der Waals surface area contributed by atoms with Crippen molar-refractivity contribution in [2.45, 2.75) is 25.2 Å². The van der Waals surface area contributed by atoms with Crippen molar-refractivity contribution >= 4 is 29.6 Å². The van der Waals surface area contributed by atoms with E-state index in [0.29, 0.717) is 17.1 Å². The Bertz CT molecular complexity index is 705. The molecule has 5 N–H and O–H groups in total. The number of amides is 3. The third-order valence-corrected chi connectivity index (χ3v) is 3.14. The first-order chi connectivity index (χ1) is 12.0. The van der Waals surface area contributed by atoms with Gasteiger partial charge >= 0.3 is 24.1 Å². The van der Waals surface area contributed by atoms with Crippen LogP contribution in [0.15, 0.2) is 24.3 Å². The van der Waals surface area contributed by atoms with E-state index in [1.165, 1.54) is 0 Å². The van der Waals surface area contributed by atoms with Gasteiger partial charge in [-0.2, -0.15) is 13.2 Å². The van der Waals surface area contributed by atoms with Crippen molar-refractivity contribution in [2.24, 2.45) is 5.73 Å². The summed E-state index contributed by atoms with van der Waals surface area (Å²) >= 11 is 0. The first kappa shape index (κ1) is 20.9. The lowest BCUT2D eigenvalue weighted by Crippen LogP contribution is -2.60. The Balaban J connectivity index is 0.000000412. The second-order valence-corrected chi connectivity index (χ2v) is 4.96. The van der Waals surface area contributed by atoms with Crippen molar-refractivity contribution in [3.8, 4) is 0 Å². The summed E-state index contributed by atoms with van der Waals surface area (Å²) in [5.41, 5.74) is 6.83. The molecule has 12 heteroatoms. The number of carbonyl (C=O) groups is 4. The molecule has 1 saturated heterocycles. The highest BCUT2D eigenvalue weighted by atomic mass is 19.4. The Morgan fingerprint density at radius 3 is 2.04 bits per heavy atom. The molecular formula is C14H14F3N3O6. The molecule has 0 aliphatic carbocycles. The molecule has 0 saturated carbocycles. The summed E-state index contributed by atoms with van der Waals surface area (Å²) in [5.74, 6) is -4.44. The number of benzene rings is 1. The van der Waals surface area contributed by atoms with Crippen LogP contribution in [0.4, 0.5) is 23.7 Å². The molecule has 26 heavy (non-hydrogen) atoms. The maximum absolute atomic E-state index is 11.8. The molecule has 1 unspecified atom stereocenters. The number of nitrogens with two attached hydrogens (primary N) is 1. The average Bonchev–Trinajstić information content (AvgIpc) is 2.52. The van der Waals surface area contributed by atoms with Crippen LogP contribution in [0.1, 0.15) is 12.0 Å². The Morgan fingerprint density at radius 2 is 1.69 bits per heavy atom. The SMILES string of the molecule is NCc1ccc(NC(=O)N2C(=O)CC2C(=O)O)cc1.O=C(O)C(F)(F)F. The number of hydrogen-bond donors (Lipinski definition) is 4. The topological polar surface area (TPSA) is 150 Å². The van der Waals surface area contributed by atoms with E-state index in [2.05, 4.69) is 5.32 Å². The van der Waals surface area contributed by atoms with Gasteiger partial charge in [-0.05, 0) is 17.7 Å². The smallest absolute Gasteiger partial charge is 0.480 e. The van der Waals surface area contributed by atoms with Crippen LogP contribution in [0.2, 0.25) is 0 Å². The number of urea groups is 1. The van der Waals surface area contributed by atoms with Crippen LogP contribution in [0.25, 0.3) is 0 Å². The second-order valence-electron chi connectivity index (χ2n) is 4.96. The minimum absolute atomic E-state index is 0.144. The fourth-order valence-corrected chi connectivity index (χ4v) is 1.78. The van der Waals surface area contributed by atoms with Crippen LogP contribution < -0.4 is 11.1 Å². The molecule has 0 bridgehead atoms. The van der Waals surface area contributed by atoms with E-state index in [0.717, 1.165) is 5.56 Å². The number of imide groups is 1. The highest BCUT2D eigenvalue weighted by molar-refractivity contribution is 6.09. The van der Waals surface area contributed by atoms with Gasteiger partial charge in [0.25, 0.3) is 0 Å². The van der Waals surface area contributed by atoms with Gasteiger partial charge in [0.05, 0.1) is 6.42 Å². The molecule has 3 amide bonds. The van der Waals surface area contributed by atoms with Gasteiger partial charge in [-0.15, -0.1) is 0 Å². The Hall–Kier alpha value is -3.15. The number of anilines is 1. The molecule has 1 aromatic rings. The molecule has 0 radical (unpaired) electrons. The molecule has 1 heterocycles. The largest absolute Gasteiger partial charge is 0.490 e. The first-order valence-corrected chi connectivity index (χ1v) is 6.92. The summed E-state index contributed by atoms with van der Waals surface area (Å²) in [6, 6.07) is 4.95. The van der Waals surface area contributed by atoms with Crippen LogP contribution >= 0.6 is 0 Å². The zero-order valence-corrected chi connectivity index (χ0v) is 13.0. The van der Waals surface area contributed by atoms with Crippen molar-refractivity contribution in [1.82, 2.24) is 4.90 Å². The van der Waals surface area contributed by atoms with Crippen molar-refractivity contribution in [1.29, 1.82) is 0 Å². The van der Waals surface area contributed by atoms with Gasteiger partial charge in [0, 0.05) is 12.2 Å². The maximum Gasteiger partial charge on any atom is 0.490 e. The van der Waals surface area contributed by atoms with Crippen LogP contribution in [-0.4, -0.2) is 51.2 Å². The van der Waals surface area contributed by atoms with E-state index in [9.17, 15) is 27.6 Å². The molecule has 1 aliphatic rings. The summed E-state index contributed by atoms with van der Waals surface area (Å²) in [7, 11) is 0. The summed E-state index contributed by atoms with van der Waals surface area (Å²) < 4.78 is 31.7. The summed E-state index contributed by atoms with van der Waals surface area (Å²) in [4.78, 5) is 43.4. The van der Waals surface area contributed by atoms with Gasteiger partial charge in [-0.3, -0.25) is 4.79 Å². The van der Waals surface area contributed by atoms with Crippen LogP contribution in [0.5, 0.6) is 0 Å². The lowest BCUT2D eigenvalue weighted by Gasteiger charge is -2.35. The van der Waals surface area contributed by atoms with E-state index in [1.807, 2.05) is 0 Å². The zero-order valence-electron chi connectivity index (χ0n) is 13.0. The zero-order chi connectivity index (χ0) is 20.1. The normalized spacial score (nSPS) is 16.1. The predicted octanol–water partition coefficient (Wildman–Crippen LogP) is 0.996. The van der Waals surface area contributed by atoms with E-state index in [4.69, 9.17) is 20.7 Å². The number of carboxylic acid groups (broad SMARTS) is 2. The number of nitrogens with zero attached hydrogens (tertiary/aromatic N) is 1. The number of nitrogens with one attached hydrogen (secondary N) is 1. The molecule has 2 rings (SSSR count). The molecule has 9 nitrogen and oxygen atoms in total. The fourth-order valence-electron chi connectivity index (χ4n) is 1.78. The van der Waals surface area contributed by atoms with Crippen molar-refractivity contribution in [3.63, 3.8) is 0 Å². The number of β-lactam (4-membered cyclic amide) rings is 1. The van der Waals surface area contributed by atoms with Gasteiger partial charge < -0.3 is 21.3 Å². The van der Waals surface area contributed by atoms with E-state index < -0.39 is 36.1 Å². The molecule has 0 aromatic heterocycles. The number of rotatable bonds is 3. The highest BCUT2D eigenvalue weighted by Gasteiger charge is 2.45. The number of carboxylic acids is 2. The molecule has 1 atom stereocenters. The minimum Gasteiger partial charge on any atom is -0.480 e. The Labute approximate surface area is 144 Å². The lowest BCUT2D eigenvalue weighted by atomic mass is 10.0. The van der Waals surface area contributed by atoms with Gasteiger partial charge in [0.15, 0.2) is 0 Å². The summed E-state index contributed by atoms with van der Waals surface area (Å²) in [6.07, 6.45) is -5.23. The molecule has 142 valence electrons. The van der Waals surface area contributed by atoms with Crippen molar-refractivity contribution in [2.75, 3.05) is 5.32 Å². The van der Waals surface area contributed by atoms with E-state index in [1.54, 1.807) is 24.3 Å². The number of halogens is 3. The van der Waals surface area contributed by atoms with Gasteiger partial charge in [0.1, 0.15) is 6.04 Å². The summed E-state index contributed by atoms with van der Waals surface area (Å²) in [6.45, 7) is 0.389. The minimum atomic E-state index is -5.08. The highest BCUT2D eigenvalue weighted by Crippen LogP contribution is 2.21. The van der Waals surface area contributed by atoms with E-state index in [-0.39, 0.29) is 6.42 Å². The third kappa shape index (κ3) is 5.44. The molecular weight excluding hydrogens is 363 g/mol. The average molecular weight is 377 g/mol. The van der Waals surface area contributed by atoms with E-state index >= 15 is 0 Å². The first-order valence-electron chi connectivity index (χ1n) is 6.92. The second kappa shape index (κ2) is 8.29. The quantitative estimate of drug-likeness (QED) is 0.574. The number of alkyl halides is 3. The van der Waals surface area contributed by atoms with Gasteiger partial charge in [-0.1, -0.05) is 12.1 Å². The maximum atomic E-state index is 11.8. The predicted molar refractivity (Wildman–Crippen MR) is 79.9 cm³/mol. The number of hydrogen-bond acceptors (Lipinski definition) is 5. The van der Waals surface area contributed by atoms with Crippen LogP contribution in [-0.2, 0) is 20.9 Å². The standard InChI is InChI=1S/C12H13N3O4.C2HF3O2/c13-6-7-1-3-8(4-2-7)14-12(19)15-9(11(17)18)5-10(15)16;3-2(4,5)1(6)7/h1-4,9H,5-6,13H2,(H,14,19)(H,17,18);(H,6,7). The van der Waals surface area contributed by atoms with Crippen molar-refractivity contribution in [3.05, 3.63) is 29.8 Å². The molecule has 0 spiro atoms. The summed E-state index contributed by atoms with van der Waals surface area (Å²) in [5, 5.41) is 18.4. The lowest BCUT2D eigenvalue weighted by molar-refractivity contribution is -0.192. The molecule has 1 aliphatic heterocycles. The molecule has 1 aromatic carbocycles. The van der Waals surface area contributed by atoms with Crippen LogP contribution in [0.3, 0.4) is 0 Å². The monoisotopic (exact) mass is 377 g/mol.